The predicted molar refractivity (Wildman–Crippen MR) is 72.6 cm³/mol. The van der Waals surface area contributed by atoms with Gasteiger partial charge in [-0.2, -0.15) is 0 Å². The molecule has 0 amide bonds. The average Bonchev–Trinajstić information content (AvgIpc) is 2.39. The smallest absolute Gasteiger partial charge is 0.146 e. The molecule has 1 heterocycles. The highest BCUT2D eigenvalue weighted by Gasteiger charge is 2.27. The van der Waals surface area contributed by atoms with Gasteiger partial charge in [0, 0.05) is 18.6 Å². The summed E-state index contributed by atoms with van der Waals surface area (Å²) in [4.78, 5) is 1.94. The molecule has 0 aromatic heterocycles. The summed E-state index contributed by atoms with van der Waals surface area (Å²) in [6.45, 7) is 4.73. The predicted octanol–water partition coefficient (Wildman–Crippen LogP) is 1.43. The van der Waals surface area contributed by atoms with Gasteiger partial charge in [-0.3, -0.25) is 0 Å². The lowest BCUT2D eigenvalue weighted by Crippen LogP contribution is -2.50. The van der Waals surface area contributed by atoms with Crippen molar-refractivity contribution in [2.24, 2.45) is 5.73 Å². The maximum Gasteiger partial charge on any atom is 0.146 e. The van der Waals surface area contributed by atoms with E-state index in [9.17, 15) is 4.39 Å². The number of anilines is 1. The topological polar surface area (TPSA) is 58.7 Å². The number of halogens is 1. The summed E-state index contributed by atoms with van der Waals surface area (Å²) in [5, 5.41) is 9.17. The van der Waals surface area contributed by atoms with E-state index in [1.165, 1.54) is 6.07 Å². The fourth-order valence-electron chi connectivity index (χ4n) is 2.30. The Morgan fingerprint density at radius 3 is 2.89 bits per heavy atom. The number of nitrogens with zero attached hydrogens (tertiary/aromatic N) is 1. The Hall–Kier alpha value is -1.17. The van der Waals surface area contributed by atoms with Crippen molar-refractivity contribution in [1.29, 1.82) is 0 Å². The largest absolute Gasteiger partial charge is 0.394 e. The van der Waals surface area contributed by atoms with Gasteiger partial charge in [-0.1, -0.05) is 6.07 Å². The third-order valence-electron chi connectivity index (χ3n) is 3.52. The van der Waals surface area contributed by atoms with Crippen molar-refractivity contribution in [3.63, 3.8) is 0 Å². The van der Waals surface area contributed by atoms with Crippen LogP contribution in [0.3, 0.4) is 0 Å². The molecule has 3 atom stereocenters. The first kappa shape index (κ1) is 14.2. The van der Waals surface area contributed by atoms with Crippen LogP contribution in [0.15, 0.2) is 18.2 Å². The zero-order chi connectivity index (χ0) is 14.0. The molecular weight excluding hydrogens is 247 g/mol. The SMILES string of the molecule is CC1COC(CO)CN1c1ccc([C@H](C)N)cc1F. The Morgan fingerprint density at radius 1 is 1.58 bits per heavy atom. The van der Waals surface area contributed by atoms with E-state index in [4.69, 9.17) is 15.6 Å². The third kappa shape index (κ3) is 3.05. The van der Waals surface area contributed by atoms with Crippen molar-refractivity contribution in [2.75, 3.05) is 24.7 Å². The molecule has 3 N–H and O–H groups in total. The monoisotopic (exact) mass is 268 g/mol. The lowest BCUT2D eigenvalue weighted by Gasteiger charge is -2.39. The highest BCUT2D eigenvalue weighted by molar-refractivity contribution is 5.51. The van der Waals surface area contributed by atoms with E-state index in [1.54, 1.807) is 6.07 Å². The molecule has 1 aromatic carbocycles. The molecule has 1 fully saturated rings. The number of ether oxygens (including phenoxy) is 1. The second-order valence-electron chi connectivity index (χ2n) is 5.14. The Morgan fingerprint density at radius 2 is 2.32 bits per heavy atom. The molecule has 2 unspecified atom stereocenters. The highest BCUT2D eigenvalue weighted by atomic mass is 19.1. The molecule has 0 spiro atoms. The summed E-state index contributed by atoms with van der Waals surface area (Å²) in [6, 6.07) is 4.98. The Kier molecular flexibility index (Phi) is 4.39. The molecule has 2 rings (SSSR count). The number of hydrogen-bond acceptors (Lipinski definition) is 4. The molecule has 0 aliphatic carbocycles. The maximum absolute atomic E-state index is 14.2. The van der Waals surface area contributed by atoms with Crippen molar-refractivity contribution in [1.82, 2.24) is 0 Å². The molecule has 106 valence electrons. The zero-order valence-corrected chi connectivity index (χ0v) is 11.3. The molecule has 0 saturated carbocycles. The van der Waals surface area contributed by atoms with E-state index in [0.29, 0.717) is 18.8 Å². The van der Waals surface area contributed by atoms with Crippen LogP contribution in [0.5, 0.6) is 0 Å². The first-order chi connectivity index (χ1) is 9.02. The van der Waals surface area contributed by atoms with E-state index >= 15 is 0 Å². The van der Waals surface area contributed by atoms with Gasteiger partial charge in [-0.25, -0.2) is 4.39 Å². The zero-order valence-electron chi connectivity index (χ0n) is 11.3. The minimum atomic E-state index is -0.278. The summed E-state index contributed by atoms with van der Waals surface area (Å²) in [5.74, 6) is -0.278. The van der Waals surface area contributed by atoms with Crippen LogP contribution in [0.4, 0.5) is 10.1 Å². The Labute approximate surface area is 113 Å². The third-order valence-corrected chi connectivity index (χ3v) is 3.52. The van der Waals surface area contributed by atoms with Crippen LogP contribution in [-0.4, -0.2) is 37.0 Å². The minimum absolute atomic E-state index is 0.0528. The Bertz CT molecular complexity index is 439. The molecule has 1 aliphatic heterocycles. The highest BCUT2D eigenvalue weighted by Crippen LogP contribution is 2.27. The summed E-state index contributed by atoms with van der Waals surface area (Å²) < 4.78 is 19.7. The number of hydrogen-bond donors (Lipinski definition) is 2. The lowest BCUT2D eigenvalue weighted by atomic mass is 10.1. The Balaban J connectivity index is 2.24. The van der Waals surface area contributed by atoms with Crippen LogP contribution < -0.4 is 10.6 Å². The minimum Gasteiger partial charge on any atom is -0.394 e. The van der Waals surface area contributed by atoms with E-state index < -0.39 is 0 Å². The van der Waals surface area contributed by atoms with E-state index in [1.807, 2.05) is 24.8 Å². The molecule has 0 bridgehead atoms. The average molecular weight is 268 g/mol. The van der Waals surface area contributed by atoms with Crippen LogP contribution in [0.25, 0.3) is 0 Å². The molecule has 5 heteroatoms. The number of aliphatic hydroxyl groups excluding tert-OH is 1. The summed E-state index contributed by atoms with van der Waals surface area (Å²) in [7, 11) is 0. The van der Waals surface area contributed by atoms with Gasteiger partial charge in [-0.15, -0.1) is 0 Å². The molecule has 1 aliphatic rings. The van der Waals surface area contributed by atoms with Crippen molar-refractivity contribution >= 4 is 5.69 Å². The molecule has 19 heavy (non-hydrogen) atoms. The van der Waals surface area contributed by atoms with Crippen LogP contribution in [-0.2, 0) is 4.74 Å². The summed E-state index contributed by atoms with van der Waals surface area (Å²) >= 11 is 0. The number of nitrogens with two attached hydrogens (primary N) is 1. The number of rotatable bonds is 3. The summed E-state index contributed by atoms with van der Waals surface area (Å²) in [6.07, 6.45) is -0.260. The second kappa shape index (κ2) is 5.86. The quantitative estimate of drug-likeness (QED) is 0.870. The lowest BCUT2D eigenvalue weighted by molar-refractivity contribution is -0.0105. The van der Waals surface area contributed by atoms with Crippen molar-refractivity contribution in [3.05, 3.63) is 29.6 Å². The fraction of sp³-hybridized carbons (Fsp3) is 0.571. The van der Waals surface area contributed by atoms with Gasteiger partial charge in [0.25, 0.3) is 0 Å². The van der Waals surface area contributed by atoms with E-state index in [-0.39, 0.29) is 30.6 Å². The molecular formula is C14H21FN2O2. The number of aliphatic hydroxyl groups is 1. The fourth-order valence-corrected chi connectivity index (χ4v) is 2.30. The first-order valence-electron chi connectivity index (χ1n) is 6.57. The van der Waals surface area contributed by atoms with Crippen LogP contribution in [0, 0.1) is 5.82 Å². The van der Waals surface area contributed by atoms with E-state index in [0.717, 1.165) is 5.56 Å². The normalized spacial score (nSPS) is 25.4. The molecule has 1 aromatic rings. The van der Waals surface area contributed by atoms with Crippen molar-refractivity contribution < 1.29 is 14.2 Å². The maximum atomic E-state index is 14.2. The van der Waals surface area contributed by atoms with Crippen LogP contribution in [0.1, 0.15) is 25.5 Å². The van der Waals surface area contributed by atoms with Gasteiger partial charge in [0.05, 0.1) is 25.0 Å². The van der Waals surface area contributed by atoms with Crippen molar-refractivity contribution in [3.8, 4) is 0 Å². The number of morpholine rings is 1. The molecule has 0 radical (unpaired) electrons. The van der Waals surface area contributed by atoms with Gasteiger partial charge in [0.2, 0.25) is 0 Å². The second-order valence-corrected chi connectivity index (χ2v) is 5.14. The van der Waals surface area contributed by atoms with Crippen LogP contribution >= 0.6 is 0 Å². The van der Waals surface area contributed by atoms with E-state index in [2.05, 4.69) is 0 Å². The standard InChI is InChI=1S/C14H21FN2O2/c1-9-8-19-12(7-18)6-17(9)14-4-3-11(10(2)16)5-13(14)15/h3-5,9-10,12,18H,6-8,16H2,1-2H3/t9?,10-,12?/m0/s1. The van der Waals surface area contributed by atoms with Gasteiger partial charge in [0.1, 0.15) is 5.82 Å². The number of benzene rings is 1. The van der Waals surface area contributed by atoms with Gasteiger partial charge in [0.15, 0.2) is 0 Å². The van der Waals surface area contributed by atoms with Crippen molar-refractivity contribution in [2.45, 2.75) is 32.0 Å². The molecule has 1 saturated heterocycles. The van der Waals surface area contributed by atoms with Gasteiger partial charge in [-0.05, 0) is 31.5 Å². The van der Waals surface area contributed by atoms with Gasteiger partial charge >= 0.3 is 0 Å². The van der Waals surface area contributed by atoms with Gasteiger partial charge < -0.3 is 20.5 Å². The molecule has 4 nitrogen and oxygen atoms in total. The first-order valence-corrected chi connectivity index (χ1v) is 6.57. The summed E-state index contributed by atoms with van der Waals surface area (Å²) in [5.41, 5.74) is 7.07. The van der Waals surface area contributed by atoms with Crippen LogP contribution in [0.2, 0.25) is 0 Å².